The largest absolute Gasteiger partial charge is 0.351 e. The number of carbonyl (C=O) groups excluding carboxylic acids is 1. The third kappa shape index (κ3) is 2.96. The van der Waals surface area contributed by atoms with E-state index in [1.54, 1.807) is 11.3 Å². The monoisotopic (exact) mass is 397 g/mol. The van der Waals surface area contributed by atoms with E-state index in [4.69, 9.17) is 0 Å². The smallest absolute Gasteiger partial charge is 0.263 e. The Kier molecular flexibility index (Phi) is 4.36. The van der Waals surface area contributed by atoms with Gasteiger partial charge in [0.2, 0.25) is 0 Å². The zero-order chi connectivity index (χ0) is 19.3. The Morgan fingerprint density at radius 3 is 2.63 bits per heavy atom. The first kappa shape index (κ1) is 17.9. The summed E-state index contributed by atoms with van der Waals surface area (Å²) < 4.78 is 3.40. The Balaban J connectivity index is 1.77. The first-order chi connectivity index (χ1) is 12.9. The van der Waals surface area contributed by atoms with Crippen LogP contribution >= 0.6 is 22.7 Å². The molecule has 0 spiro atoms. The van der Waals surface area contributed by atoms with E-state index >= 15 is 0 Å². The van der Waals surface area contributed by atoms with Crippen molar-refractivity contribution >= 4 is 38.7 Å². The number of hydrogen-bond donors (Lipinski definition) is 0. The van der Waals surface area contributed by atoms with E-state index in [9.17, 15) is 9.59 Å². The average Bonchev–Trinajstić information content (AvgIpc) is 3.32. The minimum absolute atomic E-state index is 0.00911. The number of carbonyl (C=O) groups is 1. The van der Waals surface area contributed by atoms with E-state index < -0.39 is 0 Å². The van der Waals surface area contributed by atoms with Gasteiger partial charge in [-0.25, -0.2) is 4.98 Å². The fraction of sp³-hybridized carbons (Fsp3) is 0.250. The highest BCUT2D eigenvalue weighted by Gasteiger charge is 2.18. The second-order valence-electron chi connectivity index (χ2n) is 6.68. The van der Waals surface area contributed by atoms with Crippen molar-refractivity contribution in [3.8, 4) is 10.4 Å². The third-order valence-corrected chi connectivity index (χ3v) is 6.88. The summed E-state index contributed by atoms with van der Waals surface area (Å²) in [4.78, 5) is 33.2. The van der Waals surface area contributed by atoms with Gasteiger partial charge in [0.25, 0.3) is 5.56 Å². The van der Waals surface area contributed by atoms with Gasteiger partial charge in [0.1, 0.15) is 4.83 Å². The topological polar surface area (TPSA) is 56.9 Å². The number of aromatic nitrogens is 3. The number of hydrogen-bond acceptors (Lipinski definition) is 5. The van der Waals surface area contributed by atoms with Crippen LogP contribution in [0.4, 0.5) is 0 Å². The normalized spacial score (nSPS) is 11.4. The zero-order valence-electron chi connectivity index (χ0n) is 15.6. The molecule has 0 aromatic carbocycles. The molecule has 138 valence electrons. The molecule has 0 aliphatic carbocycles. The molecule has 27 heavy (non-hydrogen) atoms. The van der Waals surface area contributed by atoms with Crippen molar-refractivity contribution in [3.63, 3.8) is 0 Å². The van der Waals surface area contributed by atoms with Crippen LogP contribution in [-0.4, -0.2) is 19.9 Å². The Morgan fingerprint density at radius 1 is 1.22 bits per heavy atom. The molecule has 7 heteroatoms. The molecule has 0 fully saturated rings. The van der Waals surface area contributed by atoms with E-state index in [1.807, 2.05) is 56.0 Å². The van der Waals surface area contributed by atoms with Crippen LogP contribution in [0.25, 0.3) is 20.7 Å². The molecule has 0 unspecified atom stereocenters. The highest BCUT2D eigenvalue weighted by molar-refractivity contribution is 7.19. The first-order valence-corrected chi connectivity index (χ1v) is 10.3. The molecule has 4 aromatic heterocycles. The van der Waals surface area contributed by atoms with Crippen LogP contribution in [0.2, 0.25) is 0 Å². The number of Topliss-reactive ketones (excluding diaryl/α,β-unsaturated/α-hetero) is 1. The first-order valence-electron chi connectivity index (χ1n) is 8.56. The second kappa shape index (κ2) is 6.58. The van der Waals surface area contributed by atoms with Gasteiger partial charge in [-0.15, -0.1) is 22.7 Å². The van der Waals surface area contributed by atoms with E-state index in [0.717, 1.165) is 21.8 Å². The van der Waals surface area contributed by atoms with Gasteiger partial charge in [0.15, 0.2) is 5.78 Å². The van der Waals surface area contributed by atoms with Crippen molar-refractivity contribution in [2.24, 2.45) is 7.05 Å². The molecule has 0 N–H and O–H groups in total. The van der Waals surface area contributed by atoms with Gasteiger partial charge in [0, 0.05) is 44.7 Å². The van der Waals surface area contributed by atoms with Crippen molar-refractivity contribution in [2.45, 2.75) is 27.3 Å². The molecule has 0 aliphatic rings. The van der Waals surface area contributed by atoms with Gasteiger partial charge in [0.05, 0.1) is 18.3 Å². The fourth-order valence-corrected chi connectivity index (χ4v) is 5.08. The van der Waals surface area contributed by atoms with Gasteiger partial charge in [-0.05, 0) is 39.0 Å². The van der Waals surface area contributed by atoms with E-state index in [2.05, 4.69) is 4.98 Å². The third-order valence-electron chi connectivity index (χ3n) is 4.96. The lowest BCUT2D eigenvalue weighted by Gasteiger charge is -2.06. The number of nitrogens with zero attached hydrogens (tertiary/aromatic N) is 3. The van der Waals surface area contributed by atoms with Gasteiger partial charge in [-0.3, -0.25) is 14.2 Å². The standard InChI is InChI=1S/C20H19N3O2S2/c1-11-7-14(13(3)22(11)4)16(24)8-23-10-21-19-18(20(23)25)15(9-26-19)17-6-5-12(2)27-17/h5-7,9-10H,8H2,1-4H3. The molecule has 0 radical (unpaired) electrons. The van der Waals surface area contributed by atoms with Crippen LogP contribution in [0.5, 0.6) is 0 Å². The summed E-state index contributed by atoms with van der Waals surface area (Å²) in [6.07, 6.45) is 1.48. The van der Waals surface area contributed by atoms with Crippen LogP contribution < -0.4 is 5.56 Å². The van der Waals surface area contributed by atoms with Gasteiger partial charge in [-0.1, -0.05) is 0 Å². The summed E-state index contributed by atoms with van der Waals surface area (Å²) in [6.45, 7) is 5.91. The molecule has 0 aliphatic heterocycles. The molecule has 4 aromatic rings. The highest BCUT2D eigenvalue weighted by atomic mass is 32.1. The summed E-state index contributed by atoms with van der Waals surface area (Å²) >= 11 is 3.11. The minimum atomic E-state index is -0.166. The van der Waals surface area contributed by atoms with Crippen LogP contribution in [-0.2, 0) is 13.6 Å². The van der Waals surface area contributed by atoms with Crippen LogP contribution in [0, 0.1) is 20.8 Å². The number of aryl methyl sites for hydroxylation is 2. The summed E-state index contributed by atoms with van der Waals surface area (Å²) in [5.74, 6) is -0.0804. The molecule has 0 amide bonds. The van der Waals surface area contributed by atoms with Crippen LogP contribution in [0.15, 0.2) is 34.7 Å². The molecule has 4 heterocycles. The summed E-state index contributed by atoms with van der Waals surface area (Å²) in [5, 5.41) is 2.57. The minimum Gasteiger partial charge on any atom is -0.351 e. The van der Waals surface area contributed by atoms with Gasteiger partial charge < -0.3 is 4.57 Å². The maximum atomic E-state index is 13.1. The molecular weight excluding hydrogens is 378 g/mol. The van der Waals surface area contributed by atoms with Gasteiger partial charge in [-0.2, -0.15) is 0 Å². The maximum absolute atomic E-state index is 13.1. The molecule has 4 rings (SSSR count). The molecule has 0 saturated carbocycles. The lowest BCUT2D eigenvalue weighted by molar-refractivity contribution is 0.0970. The molecule has 5 nitrogen and oxygen atoms in total. The summed E-state index contributed by atoms with van der Waals surface area (Å²) in [5.41, 5.74) is 3.32. The Morgan fingerprint density at radius 2 is 2.00 bits per heavy atom. The SMILES string of the molecule is Cc1ccc(-c2csc3ncn(CC(=O)c4cc(C)n(C)c4C)c(=O)c23)s1. The predicted molar refractivity (Wildman–Crippen MR) is 111 cm³/mol. The van der Waals surface area contributed by atoms with Crippen molar-refractivity contribution in [1.29, 1.82) is 0 Å². The predicted octanol–water partition coefficient (Wildman–Crippen LogP) is 4.33. The zero-order valence-corrected chi connectivity index (χ0v) is 17.2. The quantitative estimate of drug-likeness (QED) is 0.482. The van der Waals surface area contributed by atoms with Crippen molar-refractivity contribution in [2.75, 3.05) is 0 Å². The fourth-order valence-electron chi connectivity index (χ4n) is 3.22. The number of thiophene rings is 2. The summed E-state index contributed by atoms with van der Waals surface area (Å²) in [7, 11) is 1.93. The van der Waals surface area contributed by atoms with E-state index in [-0.39, 0.29) is 17.9 Å². The maximum Gasteiger partial charge on any atom is 0.263 e. The number of fused-ring (bicyclic) bond motifs is 1. The Bertz CT molecular complexity index is 1240. The van der Waals surface area contributed by atoms with Crippen molar-refractivity contribution < 1.29 is 4.79 Å². The van der Waals surface area contributed by atoms with Crippen molar-refractivity contribution in [1.82, 2.24) is 14.1 Å². The molecule has 0 bridgehead atoms. The number of rotatable bonds is 4. The van der Waals surface area contributed by atoms with Gasteiger partial charge >= 0.3 is 0 Å². The highest BCUT2D eigenvalue weighted by Crippen LogP contribution is 2.34. The lowest BCUT2D eigenvalue weighted by atomic mass is 10.1. The Hall–Kier alpha value is -2.51. The van der Waals surface area contributed by atoms with Crippen LogP contribution in [0.1, 0.15) is 26.6 Å². The second-order valence-corrected chi connectivity index (χ2v) is 8.83. The van der Waals surface area contributed by atoms with E-state index in [0.29, 0.717) is 15.8 Å². The lowest BCUT2D eigenvalue weighted by Crippen LogP contribution is -2.24. The average molecular weight is 398 g/mol. The summed E-state index contributed by atoms with van der Waals surface area (Å²) in [6, 6.07) is 5.95. The Labute approximate surface area is 164 Å². The molecular formula is C20H19N3O2S2. The van der Waals surface area contributed by atoms with Crippen molar-refractivity contribution in [3.05, 3.63) is 62.1 Å². The molecule has 0 saturated heterocycles. The van der Waals surface area contributed by atoms with E-state index in [1.165, 1.54) is 27.1 Å². The van der Waals surface area contributed by atoms with Crippen LogP contribution in [0.3, 0.4) is 0 Å². The number of ketones is 1. The molecule has 0 atom stereocenters.